The molecule has 18 heavy (non-hydrogen) atoms. The lowest BCUT2D eigenvalue weighted by atomic mass is 10.1. The molecular formula is C15H24N2O. The molecule has 0 bridgehead atoms. The van der Waals surface area contributed by atoms with Crippen LogP contribution in [-0.4, -0.2) is 30.7 Å². The van der Waals surface area contributed by atoms with Gasteiger partial charge in [-0.05, 0) is 37.4 Å². The van der Waals surface area contributed by atoms with Crippen LogP contribution in [0.25, 0.3) is 0 Å². The van der Waals surface area contributed by atoms with Crippen molar-refractivity contribution in [3.05, 3.63) is 35.4 Å². The fourth-order valence-electron chi connectivity index (χ4n) is 2.64. The highest BCUT2D eigenvalue weighted by Crippen LogP contribution is 2.16. The molecule has 1 aromatic rings. The zero-order valence-electron chi connectivity index (χ0n) is 11.3. The molecule has 1 aromatic carbocycles. The Morgan fingerprint density at radius 2 is 2.22 bits per heavy atom. The van der Waals surface area contributed by atoms with Gasteiger partial charge in [0.15, 0.2) is 0 Å². The molecule has 1 fully saturated rings. The molecule has 1 heterocycles. The standard InChI is InChI=1S/C15H24N2O/c1-2-18-15-7-4-8-17(12-15)11-14-6-3-5-13(9-14)10-16/h3,5-6,9,15H,2,4,7-8,10-12,16H2,1H3. The van der Waals surface area contributed by atoms with E-state index in [1.165, 1.54) is 30.5 Å². The van der Waals surface area contributed by atoms with Crippen LogP contribution in [0.4, 0.5) is 0 Å². The van der Waals surface area contributed by atoms with Crippen LogP contribution in [0, 0.1) is 0 Å². The minimum atomic E-state index is 0.418. The van der Waals surface area contributed by atoms with Crippen LogP contribution in [0.15, 0.2) is 24.3 Å². The highest BCUT2D eigenvalue weighted by Gasteiger charge is 2.19. The van der Waals surface area contributed by atoms with Gasteiger partial charge in [-0.25, -0.2) is 0 Å². The summed E-state index contributed by atoms with van der Waals surface area (Å²) in [5.74, 6) is 0. The molecule has 2 N–H and O–H groups in total. The van der Waals surface area contributed by atoms with Gasteiger partial charge in [-0.1, -0.05) is 24.3 Å². The highest BCUT2D eigenvalue weighted by atomic mass is 16.5. The number of benzene rings is 1. The number of nitrogens with two attached hydrogens (primary N) is 1. The summed E-state index contributed by atoms with van der Waals surface area (Å²) in [5.41, 5.74) is 8.25. The number of piperidine rings is 1. The SMILES string of the molecule is CCOC1CCCN(Cc2cccc(CN)c2)C1. The second-order valence-corrected chi connectivity index (χ2v) is 4.98. The third-order valence-corrected chi connectivity index (χ3v) is 3.50. The molecule has 1 aliphatic heterocycles. The third kappa shape index (κ3) is 3.80. The maximum absolute atomic E-state index is 5.73. The largest absolute Gasteiger partial charge is 0.377 e. The van der Waals surface area contributed by atoms with E-state index in [9.17, 15) is 0 Å². The smallest absolute Gasteiger partial charge is 0.0702 e. The van der Waals surface area contributed by atoms with Gasteiger partial charge in [0.1, 0.15) is 0 Å². The lowest BCUT2D eigenvalue weighted by molar-refractivity contribution is 0.00363. The Kier molecular flexibility index (Phi) is 5.17. The minimum Gasteiger partial charge on any atom is -0.377 e. The molecular weight excluding hydrogens is 224 g/mol. The normalized spacial score (nSPS) is 21.1. The van der Waals surface area contributed by atoms with E-state index in [2.05, 4.69) is 36.1 Å². The summed E-state index contributed by atoms with van der Waals surface area (Å²) in [7, 11) is 0. The molecule has 0 radical (unpaired) electrons. The fraction of sp³-hybridized carbons (Fsp3) is 0.600. The van der Waals surface area contributed by atoms with E-state index >= 15 is 0 Å². The Morgan fingerprint density at radius 3 is 3.00 bits per heavy atom. The number of hydrogen-bond acceptors (Lipinski definition) is 3. The number of nitrogens with zero attached hydrogens (tertiary/aromatic N) is 1. The first kappa shape index (κ1) is 13.5. The average Bonchev–Trinajstić information content (AvgIpc) is 2.40. The van der Waals surface area contributed by atoms with Crippen LogP contribution >= 0.6 is 0 Å². The third-order valence-electron chi connectivity index (χ3n) is 3.50. The first-order chi connectivity index (χ1) is 8.81. The molecule has 100 valence electrons. The van der Waals surface area contributed by atoms with Gasteiger partial charge < -0.3 is 10.5 Å². The summed E-state index contributed by atoms with van der Waals surface area (Å²) < 4.78 is 5.73. The molecule has 0 saturated carbocycles. The predicted molar refractivity (Wildman–Crippen MR) is 74.3 cm³/mol. The van der Waals surface area contributed by atoms with Gasteiger partial charge in [0.05, 0.1) is 6.10 Å². The summed E-state index contributed by atoms with van der Waals surface area (Å²) >= 11 is 0. The Balaban J connectivity index is 1.91. The summed E-state index contributed by atoms with van der Waals surface area (Å²) in [4.78, 5) is 2.49. The Labute approximate surface area is 110 Å². The number of likely N-dealkylation sites (tertiary alicyclic amines) is 1. The Bertz CT molecular complexity index is 365. The molecule has 3 heteroatoms. The van der Waals surface area contributed by atoms with Gasteiger partial charge in [0, 0.05) is 26.2 Å². The van der Waals surface area contributed by atoms with E-state index in [4.69, 9.17) is 10.5 Å². The molecule has 2 rings (SSSR count). The Hall–Kier alpha value is -0.900. The molecule has 0 aromatic heterocycles. The zero-order chi connectivity index (χ0) is 12.8. The van der Waals surface area contributed by atoms with E-state index in [1.807, 2.05) is 0 Å². The lowest BCUT2D eigenvalue weighted by Gasteiger charge is -2.32. The van der Waals surface area contributed by atoms with Crippen molar-refractivity contribution in [2.45, 2.75) is 39.0 Å². The van der Waals surface area contributed by atoms with Crippen LogP contribution < -0.4 is 5.73 Å². The summed E-state index contributed by atoms with van der Waals surface area (Å²) in [6.45, 7) is 6.76. The lowest BCUT2D eigenvalue weighted by Crippen LogP contribution is -2.39. The van der Waals surface area contributed by atoms with Crippen LogP contribution in [0.5, 0.6) is 0 Å². The van der Waals surface area contributed by atoms with Crippen LogP contribution in [0.1, 0.15) is 30.9 Å². The molecule has 0 amide bonds. The van der Waals surface area contributed by atoms with Crippen molar-refractivity contribution >= 4 is 0 Å². The molecule has 0 aliphatic carbocycles. The van der Waals surface area contributed by atoms with Gasteiger partial charge >= 0.3 is 0 Å². The van der Waals surface area contributed by atoms with Gasteiger partial charge in [0.25, 0.3) is 0 Å². The van der Waals surface area contributed by atoms with Crippen molar-refractivity contribution in [3.63, 3.8) is 0 Å². The van der Waals surface area contributed by atoms with E-state index in [0.29, 0.717) is 12.6 Å². The topological polar surface area (TPSA) is 38.5 Å². The van der Waals surface area contributed by atoms with Crippen LogP contribution in [-0.2, 0) is 17.8 Å². The predicted octanol–water partition coefficient (Wildman–Crippen LogP) is 2.15. The average molecular weight is 248 g/mol. The summed E-state index contributed by atoms with van der Waals surface area (Å²) in [6.07, 6.45) is 2.86. The number of ether oxygens (including phenoxy) is 1. The Morgan fingerprint density at radius 1 is 1.39 bits per heavy atom. The highest BCUT2D eigenvalue weighted by molar-refractivity contribution is 5.23. The van der Waals surface area contributed by atoms with E-state index in [0.717, 1.165) is 19.7 Å². The second kappa shape index (κ2) is 6.88. The van der Waals surface area contributed by atoms with Crippen LogP contribution in [0.3, 0.4) is 0 Å². The first-order valence-electron chi connectivity index (χ1n) is 6.93. The van der Waals surface area contributed by atoms with Crippen molar-refractivity contribution in [2.24, 2.45) is 5.73 Å². The van der Waals surface area contributed by atoms with Crippen molar-refractivity contribution < 1.29 is 4.74 Å². The van der Waals surface area contributed by atoms with Crippen LogP contribution in [0.2, 0.25) is 0 Å². The molecule has 1 saturated heterocycles. The molecule has 1 aliphatic rings. The maximum Gasteiger partial charge on any atom is 0.0702 e. The molecule has 1 unspecified atom stereocenters. The van der Waals surface area contributed by atoms with Gasteiger partial charge in [0.2, 0.25) is 0 Å². The molecule has 1 atom stereocenters. The number of hydrogen-bond donors (Lipinski definition) is 1. The van der Waals surface area contributed by atoms with Crippen molar-refractivity contribution in [2.75, 3.05) is 19.7 Å². The minimum absolute atomic E-state index is 0.418. The second-order valence-electron chi connectivity index (χ2n) is 4.98. The first-order valence-corrected chi connectivity index (χ1v) is 6.93. The van der Waals surface area contributed by atoms with Gasteiger partial charge in [-0.3, -0.25) is 4.90 Å². The van der Waals surface area contributed by atoms with E-state index < -0.39 is 0 Å². The summed E-state index contributed by atoms with van der Waals surface area (Å²) in [6, 6.07) is 8.58. The summed E-state index contributed by atoms with van der Waals surface area (Å²) in [5, 5.41) is 0. The van der Waals surface area contributed by atoms with Crippen molar-refractivity contribution in [1.82, 2.24) is 4.90 Å². The monoisotopic (exact) mass is 248 g/mol. The van der Waals surface area contributed by atoms with Crippen molar-refractivity contribution in [1.29, 1.82) is 0 Å². The van der Waals surface area contributed by atoms with E-state index in [-0.39, 0.29) is 0 Å². The molecule has 0 spiro atoms. The fourth-order valence-corrected chi connectivity index (χ4v) is 2.64. The maximum atomic E-state index is 5.73. The zero-order valence-corrected chi connectivity index (χ0v) is 11.3. The molecule has 3 nitrogen and oxygen atoms in total. The van der Waals surface area contributed by atoms with Crippen molar-refractivity contribution in [3.8, 4) is 0 Å². The number of rotatable bonds is 5. The van der Waals surface area contributed by atoms with E-state index in [1.54, 1.807) is 0 Å². The van der Waals surface area contributed by atoms with Gasteiger partial charge in [-0.2, -0.15) is 0 Å². The van der Waals surface area contributed by atoms with Gasteiger partial charge in [-0.15, -0.1) is 0 Å². The quantitative estimate of drug-likeness (QED) is 0.867.